The maximum absolute atomic E-state index is 5.63. The number of anilines is 2. The number of nitrogens with two attached hydrogens (primary N) is 1. The summed E-state index contributed by atoms with van der Waals surface area (Å²) in [6.07, 6.45) is 1.86. The van der Waals surface area contributed by atoms with Gasteiger partial charge in [0.25, 0.3) is 0 Å². The molecule has 1 aliphatic heterocycles. The third-order valence-electron chi connectivity index (χ3n) is 3.94. The molecule has 21 heavy (non-hydrogen) atoms. The van der Waals surface area contributed by atoms with Gasteiger partial charge in [-0.2, -0.15) is 0 Å². The molecule has 0 amide bonds. The van der Waals surface area contributed by atoms with Crippen molar-refractivity contribution in [1.29, 1.82) is 0 Å². The minimum atomic E-state index is 0.576. The fourth-order valence-electron chi connectivity index (χ4n) is 2.55. The van der Waals surface area contributed by atoms with Crippen LogP contribution < -0.4 is 10.6 Å². The molecule has 1 aliphatic rings. The van der Waals surface area contributed by atoms with Gasteiger partial charge in [-0.25, -0.2) is 9.97 Å². The van der Waals surface area contributed by atoms with Crippen molar-refractivity contribution in [2.24, 2.45) is 0 Å². The van der Waals surface area contributed by atoms with E-state index < -0.39 is 0 Å². The first-order valence-corrected chi connectivity index (χ1v) is 8.05. The molecule has 2 N–H and O–H groups in total. The van der Waals surface area contributed by atoms with Crippen molar-refractivity contribution in [3.63, 3.8) is 0 Å². The Labute approximate surface area is 129 Å². The first-order chi connectivity index (χ1) is 10.1. The van der Waals surface area contributed by atoms with Crippen LogP contribution in [0.5, 0.6) is 0 Å². The lowest BCUT2D eigenvalue weighted by molar-refractivity contribution is 0.249. The number of hydrogen-bond donors (Lipinski definition) is 1. The Morgan fingerprint density at radius 2 is 1.95 bits per heavy atom. The molecule has 0 atom stereocenters. The summed E-state index contributed by atoms with van der Waals surface area (Å²) in [5.41, 5.74) is 7.96. The summed E-state index contributed by atoms with van der Waals surface area (Å²) in [7, 11) is 0. The van der Waals surface area contributed by atoms with Crippen LogP contribution in [-0.4, -0.2) is 41.0 Å². The number of thiazole rings is 1. The molecular formula is C15H21N5S. The minimum absolute atomic E-state index is 0.576. The van der Waals surface area contributed by atoms with Crippen LogP contribution in [0.15, 0.2) is 18.3 Å². The van der Waals surface area contributed by atoms with E-state index in [1.165, 1.54) is 15.6 Å². The van der Waals surface area contributed by atoms with Crippen LogP contribution in [0, 0.1) is 13.8 Å². The van der Waals surface area contributed by atoms with E-state index in [-0.39, 0.29) is 0 Å². The zero-order valence-electron chi connectivity index (χ0n) is 12.5. The third kappa shape index (κ3) is 3.33. The molecule has 0 unspecified atom stereocenters. The van der Waals surface area contributed by atoms with Crippen LogP contribution >= 0.6 is 11.3 Å². The lowest BCUT2D eigenvalue weighted by atomic mass is 10.2. The summed E-state index contributed by atoms with van der Waals surface area (Å²) in [4.78, 5) is 15.0. The number of nitrogens with zero attached hydrogens (tertiary/aromatic N) is 4. The second kappa shape index (κ2) is 5.99. The quantitative estimate of drug-likeness (QED) is 0.940. The second-order valence-electron chi connectivity index (χ2n) is 5.45. The molecule has 6 heteroatoms. The van der Waals surface area contributed by atoms with Crippen molar-refractivity contribution in [1.82, 2.24) is 14.9 Å². The summed E-state index contributed by atoms with van der Waals surface area (Å²) in [5.74, 6) is 0.576. The van der Waals surface area contributed by atoms with Gasteiger partial charge in [0.1, 0.15) is 10.8 Å². The number of aryl methyl sites for hydroxylation is 2. The van der Waals surface area contributed by atoms with Gasteiger partial charge in [-0.3, -0.25) is 4.90 Å². The SMILES string of the molecule is Cc1nc(CN2CCN(c3ccc(N)nc3)CC2)sc1C. The second-order valence-corrected chi connectivity index (χ2v) is 6.74. The van der Waals surface area contributed by atoms with Gasteiger partial charge in [0.2, 0.25) is 0 Å². The lowest BCUT2D eigenvalue weighted by Gasteiger charge is -2.35. The van der Waals surface area contributed by atoms with E-state index in [2.05, 4.69) is 33.6 Å². The first-order valence-electron chi connectivity index (χ1n) is 7.23. The van der Waals surface area contributed by atoms with Crippen molar-refractivity contribution in [2.45, 2.75) is 20.4 Å². The van der Waals surface area contributed by atoms with Crippen LogP contribution in [0.25, 0.3) is 0 Å². The Bertz CT molecular complexity index is 580. The molecular weight excluding hydrogens is 282 g/mol. The molecule has 0 bridgehead atoms. The lowest BCUT2D eigenvalue weighted by Crippen LogP contribution is -2.46. The Morgan fingerprint density at radius 1 is 1.19 bits per heavy atom. The number of aromatic nitrogens is 2. The molecule has 1 fully saturated rings. The average Bonchev–Trinajstić information content (AvgIpc) is 2.79. The molecule has 0 aromatic carbocycles. The maximum Gasteiger partial charge on any atom is 0.123 e. The molecule has 3 rings (SSSR count). The van der Waals surface area contributed by atoms with E-state index in [9.17, 15) is 0 Å². The molecule has 3 heterocycles. The van der Waals surface area contributed by atoms with Gasteiger partial charge in [-0.05, 0) is 26.0 Å². The largest absolute Gasteiger partial charge is 0.384 e. The Hall–Kier alpha value is -1.66. The minimum Gasteiger partial charge on any atom is -0.384 e. The Morgan fingerprint density at radius 3 is 2.52 bits per heavy atom. The highest BCUT2D eigenvalue weighted by molar-refractivity contribution is 7.11. The Balaban J connectivity index is 1.56. The number of pyridine rings is 1. The molecule has 2 aromatic heterocycles. The third-order valence-corrected chi connectivity index (χ3v) is 5.00. The number of rotatable bonds is 3. The summed E-state index contributed by atoms with van der Waals surface area (Å²) in [6.45, 7) is 9.35. The van der Waals surface area contributed by atoms with Gasteiger partial charge in [0.05, 0.1) is 24.1 Å². The van der Waals surface area contributed by atoms with Crippen LogP contribution in [0.4, 0.5) is 11.5 Å². The van der Waals surface area contributed by atoms with Crippen LogP contribution in [0.1, 0.15) is 15.6 Å². The maximum atomic E-state index is 5.63. The molecule has 0 radical (unpaired) electrons. The zero-order valence-corrected chi connectivity index (χ0v) is 13.4. The van der Waals surface area contributed by atoms with Crippen molar-refractivity contribution >= 4 is 22.8 Å². The molecule has 2 aromatic rings. The Kier molecular flexibility index (Phi) is 4.07. The van der Waals surface area contributed by atoms with E-state index in [0.29, 0.717) is 5.82 Å². The fourth-order valence-corrected chi connectivity index (χ4v) is 3.52. The van der Waals surface area contributed by atoms with Gasteiger partial charge in [-0.1, -0.05) is 0 Å². The molecule has 0 aliphatic carbocycles. The monoisotopic (exact) mass is 303 g/mol. The van der Waals surface area contributed by atoms with Gasteiger partial charge < -0.3 is 10.6 Å². The topological polar surface area (TPSA) is 58.3 Å². The first kappa shape index (κ1) is 14.3. The molecule has 5 nitrogen and oxygen atoms in total. The highest BCUT2D eigenvalue weighted by Gasteiger charge is 2.18. The van der Waals surface area contributed by atoms with E-state index >= 15 is 0 Å². The molecule has 1 saturated heterocycles. The van der Waals surface area contributed by atoms with E-state index in [1.54, 1.807) is 0 Å². The van der Waals surface area contributed by atoms with Crippen molar-refractivity contribution in [3.05, 3.63) is 33.9 Å². The van der Waals surface area contributed by atoms with Gasteiger partial charge >= 0.3 is 0 Å². The van der Waals surface area contributed by atoms with Crippen LogP contribution in [-0.2, 0) is 6.54 Å². The van der Waals surface area contributed by atoms with Crippen LogP contribution in [0.2, 0.25) is 0 Å². The van der Waals surface area contributed by atoms with Crippen molar-refractivity contribution < 1.29 is 0 Å². The molecule has 0 saturated carbocycles. The van der Waals surface area contributed by atoms with Crippen LogP contribution in [0.3, 0.4) is 0 Å². The standard InChI is InChI=1S/C15H21N5S/c1-11-12(2)21-15(18-11)10-19-5-7-20(8-6-19)13-3-4-14(16)17-9-13/h3-4,9H,5-8,10H2,1-2H3,(H2,16,17). The van der Waals surface area contributed by atoms with Gasteiger partial charge in [-0.15, -0.1) is 11.3 Å². The summed E-state index contributed by atoms with van der Waals surface area (Å²) < 4.78 is 0. The molecule has 0 spiro atoms. The van der Waals surface area contributed by atoms with Gasteiger partial charge in [0, 0.05) is 31.1 Å². The summed E-state index contributed by atoms with van der Waals surface area (Å²) >= 11 is 1.82. The smallest absolute Gasteiger partial charge is 0.123 e. The fraction of sp³-hybridized carbons (Fsp3) is 0.467. The predicted octanol–water partition coefficient (Wildman–Crippen LogP) is 2.06. The van der Waals surface area contributed by atoms with E-state index in [4.69, 9.17) is 5.73 Å². The van der Waals surface area contributed by atoms with Crippen molar-refractivity contribution in [2.75, 3.05) is 36.8 Å². The summed E-state index contributed by atoms with van der Waals surface area (Å²) in [6, 6.07) is 3.91. The number of piperazine rings is 1. The van der Waals surface area contributed by atoms with Gasteiger partial charge in [0.15, 0.2) is 0 Å². The number of nitrogen functional groups attached to an aromatic ring is 1. The highest BCUT2D eigenvalue weighted by Crippen LogP contribution is 2.20. The molecule has 112 valence electrons. The highest BCUT2D eigenvalue weighted by atomic mass is 32.1. The average molecular weight is 303 g/mol. The predicted molar refractivity (Wildman–Crippen MR) is 87.7 cm³/mol. The van der Waals surface area contributed by atoms with E-state index in [0.717, 1.165) is 38.4 Å². The normalized spacial score (nSPS) is 16.4. The number of hydrogen-bond acceptors (Lipinski definition) is 6. The van der Waals surface area contributed by atoms with Crippen molar-refractivity contribution in [3.8, 4) is 0 Å². The summed E-state index contributed by atoms with van der Waals surface area (Å²) in [5, 5.41) is 1.23. The van der Waals surface area contributed by atoms with E-state index in [1.807, 2.05) is 29.7 Å². The zero-order chi connectivity index (χ0) is 14.8.